The number of hydrogen-bond donors (Lipinski definition) is 1. The van der Waals surface area contributed by atoms with Crippen LogP contribution in [-0.2, 0) is 13.0 Å². The number of halogens is 1. The molecule has 0 radical (unpaired) electrons. The smallest absolute Gasteiger partial charge is 0.272 e. The third-order valence-corrected chi connectivity index (χ3v) is 3.87. The second-order valence-corrected chi connectivity index (χ2v) is 5.45. The summed E-state index contributed by atoms with van der Waals surface area (Å²) in [5.74, 6) is -0.465. The zero-order valence-corrected chi connectivity index (χ0v) is 12.0. The summed E-state index contributed by atoms with van der Waals surface area (Å²) in [6.45, 7) is 2.76. The van der Waals surface area contributed by atoms with E-state index in [2.05, 4.69) is 10.4 Å². The van der Waals surface area contributed by atoms with Crippen molar-refractivity contribution < 1.29 is 9.18 Å². The normalized spacial score (nSPS) is 15.3. The molecule has 0 fully saturated rings. The summed E-state index contributed by atoms with van der Waals surface area (Å²) >= 11 is 0. The van der Waals surface area contributed by atoms with Crippen molar-refractivity contribution in [3.05, 3.63) is 53.1 Å². The molecule has 1 aliphatic heterocycles. The van der Waals surface area contributed by atoms with E-state index in [0.717, 1.165) is 37.1 Å². The van der Waals surface area contributed by atoms with Crippen LogP contribution < -0.4 is 5.32 Å². The molecule has 21 heavy (non-hydrogen) atoms. The van der Waals surface area contributed by atoms with Gasteiger partial charge in [0.2, 0.25) is 0 Å². The molecule has 1 amide bonds. The molecular formula is C16H18FN3O. The summed E-state index contributed by atoms with van der Waals surface area (Å²) in [5, 5.41) is 7.26. The molecule has 1 aromatic carbocycles. The fraction of sp³-hybridized carbons (Fsp3) is 0.375. The van der Waals surface area contributed by atoms with E-state index < -0.39 is 0 Å². The first-order valence-corrected chi connectivity index (χ1v) is 7.26. The average molecular weight is 287 g/mol. The Morgan fingerprint density at radius 1 is 1.33 bits per heavy atom. The zero-order valence-electron chi connectivity index (χ0n) is 12.0. The van der Waals surface area contributed by atoms with Crippen molar-refractivity contribution in [3.8, 4) is 0 Å². The van der Waals surface area contributed by atoms with E-state index in [4.69, 9.17) is 0 Å². The highest BCUT2D eigenvalue weighted by atomic mass is 19.1. The van der Waals surface area contributed by atoms with Gasteiger partial charge in [0, 0.05) is 12.2 Å². The summed E-state index contributed by atoms with van der Waals surface area (Å²) in [4.78, 5) is 12.3. The van der Waals surface area contributed by atoms with Crippen LogP contribution in [0.3, 0.4) is 0 Å². The Balaban J connectivity index is 1.70. The molecule has 0 bridgehead atoms. The van der Waals surface area contributed by atoms with E-state index in [9.17, 15) is 9.18 Å². The highest BCUT2D eigenvalue weighted by molar-refractivity contribution is 5.92. The highest BCUT2D eigenvalue weighted by Crippen LogP contribution is 2.17. The largest absolute Gasteiger partial charge is 0.344 e. The van der Waals surface area contributed by atoms with Crippen LogP contribution in [0.5, 0.6) is 0 Å². The Hall–Kier alpha value is -2.17. The van der Waals surface area contributed by atoms with Gasteiger partial charge in [-0.2, -0.15) is 5.10 Å². The first-order chi connectivity index (χ1) is 10.1. The van der Waals surface area contributed by atoms with E-state index in [0.29, 0.717) is 5.69 Å². The standard InChI is InChI=1S/C16H18FN3O/c1-11(12-5-7-13(17)8-6-12)18-16(21)15-10-14-4-2-3-9-20(14)19-15/h5-8,10-11H,2-4,9H2,1H3,(H,18,21)/t11-/m0/s1. The summed E-state index contributed by atoms with van der Waals surface area (Å²) in [6.07, 6.45) is 3.24. The summed E-state index contributed by atoms with van der Waals surface area (Å²) in [5.41, 5.74) is 2.45. The quantitative estimate of drug-likeness (QED) is 0.943. The molecule has 1 N–H and O–H groups in total. The van der Waals surface area contributed by atoms with Crippen LogP contribution in [0.15, 0.2) is 30.3 Å². The maximum Gasteiger partial charge on any atom is 0.272 e. The van der Waals surface area contributed by atoms with Crippen molar-refractivity contribution in [2.75, 3.05) is 0 Å². The van der Waals surface area contributed by atoms with Crippen molar-refractivity contribution in [1.82, 2.24) is 15.1 Å². The first-order valence-electron chi connectivity index (χ1n) is 7.26. The third kappa shape index (κ3) is 2.96. The average Bonchev–Trinajstić information content (AvgIpc) is 2.92. The molecule has 3 rings (SSSR count). The van der Waals surface area contributed by atoms with Crippen LogP contribution in [0.2, 0.25) is 0 Å². The number of amides is 1. The van der Waals surface area contributed by atoms with Crippen LogP contribution in [0.25, 0.3) is 0 Å². The number of carbonyl (C=O) groups is 1. The molecule has 0 aliphatic carbocycles. The molecule has 1 aromatic heterocycles. The number of nitrogens with one attached hydrogen (secondary N) is 1. The summed E-state index contributed by atoms with van der Waals surface area (Å²) in [6, 6.07) is 7.83. The molecular weight excluding hydrogens is 269 g/mol. The highest BCUT2D eigenvalue weighted by Gasteiger charge is 2.18. The molecule has 4 nitrogen and oxygen atoms in total. The second kappa shape index (κ2) is 5.68. The Morgan fingerprint density at radius 3 is 2.81 bits per heavy atom. The summed E-state index contributed by atoms with van der Waals surface area (Å²) < 4.78 is 14.8. The number of fused-ring (bicyclic) bond motifs is 1. The number of aryl methyl sites for hydroxylation is 2. The molecule has 2 heterocycles. The number of carbonyl (C=O) groups excluding carboxylic acids is 1. The molecule has 1 atom stereocenters. The predicted octanol–water partition coefficient (Wildman–Crippen LogP) is 2.85. The van der Waals surface area contributed by atoms with E-state index in [1.807, 2.05) is 17.7 Å². The van der Waals surface area contributed by atoms with E-state index in [1.165, 1.54) is 12.1 Å². The van der Waals surface area contributed by atoms with Gasteiger partial charge in [0.25, 0.3) is 5.91 Å². The zero-order chi connectivity index (χ0) is 14.8. The van der Waals surface area contributed by atoms with Crippen molar-refractivity contribution in [3.63, 3.8) is 0 Å². The molecule has 0 spiro atoms. The maximum absolute atomic E-state index is 12.9. The summed E-state index contributed by atoms with van der Waals surface area (Å²) in [7, 11) is 0. The van der Waals surface area contributed by atoms with Gasteiger partial charge in [-0.1, -0.05) is 12.1 Å². The van der Waals surface area contributed by atoms with Crippen molar-refractivity contribution in [2.24, 2.45) is 0 Å². The lowest BCUT2D eigenvalue weighted by atomic mass is 10.1. The molecule has 0 unspecified atom stereocenters. The predicted molar refractivity (Wildman–Crippen MR) is 77.4 cm³/mol. The molecule has 2 aromatic rings. The van der Waals surface area contributed by atoms with Crippen molar-refractivity contribution >= 4 is 5.91 Å². The van der Waals surface area contributed by atoms with Crippen LogP contribution in [0, 0.1) is 5.82 Å². The third-order valence-electron chi connectivity index (χ3n) is 3.87. The van der Waals surface area contributed by atoms with Crippen LogP contribution >= 0.6 is 0 Å². The Bertz CT molecular complexity index is 625. The van der Waals surface area contributed by atoms with Crippen molar-refractivity contribution in [1.29, 1.82) is 0 Å². The van der Waals surface area contributed by atoms with Gasteiger partial charge in [-0.15, -0.1) is 0 Å². The lowest BCUT2D eigenvalue weighted by molar-refractivity contribution is 0.0934. The van der Waals surface area contributed by atoms with Gasteiger partial charge in [0.05, 0.1) is 6.04 Å². The molecule has 1 aliphatic rings. The number of aromatic nitrogens is 2. The van der Waals surface area contributed by atoms with Crippen LogP contribution in [0.4, 0.5) is 4.39 Å². The number of nitrogens with zero attached hydrogens (tertiary/aromatic N) is 2. The molecule has 5 heteroatoms. The van der Waals surface area contributed by atoms with Crippen molar-refractivity contribution in [2.45, 2.75) is 38.8 Å². The minimum absolute atomic E-state index is 0.183. The Labute approximate surface area is 123 Å². The van der Waals surface area contributed by atoms with Crippen LogP contribution in [-0.4, -0.2) is 15.7 Å². The number of benzene rings is 1. The van der Waals surface area contributed by atoms with Gasteiger partial charge < -0.3 is 5.32 Å². The fourth-order valence-electron chi connectivity index (χ4n) is 2.63. The van der Waals surface area contributed by atoms with E-state index in [-0.39, 0.29) is 17.8 Å². The Kier molecular flexibility index (Phi) is 3.73. The van der Waals surface area contributed by atoms with Gasteiger partial charge in [0.1, 0.15) is 11.5 Å². The van der Waals surface area contributed by atoms with E-state index in [1.54, 1.807) is 12.1 Å². The lowest BCUT2D eigenvalue weighted by Gasteiger charge is -2.13. The molecule has 0 saturated heterocycles. The Morgan fingerprint density at radius 2 is 2.10 bits per heavy atom. The van der Waals surface area contributed by atoms with Gasteiger partial charge in [-0.25, -0.2) is 4.39 Å². The number of rotatable bonds is 3. The monoisotopic (exact) mass is 287 g/mol. The molecule has 0 saturated carbocycles. The maximum atomic E-state index is 12.9. The first kappa shape index (κ1) is 13.8. The van der Waals surface area contributed by atoms with Gasteiger partial charge >= 0.3 is 0 Å². The minimum atomic E-state index is -0.279. The SMILES string of the molecule is C[C@H](NC(=O)c1cc2n(n1)CCCC2)c1ccc(F)cc1. The van der Waals surface area contributed by atoms with Crippen LogP contribution in [0.1, 0.15) is 47.6 Å². The molecule has 110 valence electrons. The topological polar surface area (TPSA) is 46.9 Å². The minimum Gasteiger partial charge on any atom is -0.344 e. The lowest BCUT2D eigenvalue weighted by Crippen LogP contribution is -2.27. The second-order valence-electron chi connectivity index (χ2n) is 5.45. The van der Waals surface area contributed by atoms with Gasteiger partial charge in [-0.05, 0) is 49.9 Å². The van der Waals surface area contributed by atoms with Gasteiger partial charge in [0.15, 0.2) is 0 Å². The van der Waals surface area contributed by atoms with E-state index >= 15 is 0 Å². The fourth-order valence-corrected chi connectivity index (χ4v) is 2.63. The number of hydrogen-bond acceptors (Lipinski definition) is 2. The van der Waals surface area contributed by atoms with Gasteiger partial charge in [-0.3, -0.25) is 9.48 Å².